The molecular weight excluding hydrogens is 631 g/mol. The van der Waals surface area contributed by atoms with Crippen LogP contribution in [-0.4, -0.2) is 22.2 Å². The second-order valence-corrected chi connectivity index (χ2v) is 21.9. The van der Waals surface area contributed by atoms with E-state index in [1.165, 1.54) is 77.7 Å². The maximum absolute atomic E-state index is 2.68. The SMILES string of the molecule is CC1=Cc2c(-c3ccc(C(C)(C)C)cc3)cccc2C1[Si](C)(c1ccc(N(C)C)cc1)C1C(C)=Cc2c(-c3ccc(C(C)(C)C)cc3)cccc21. The number of nitrogens with zero attached hydrogens (tertiary/aromatic N) is 1. The molecule has 0 aromatic heterocycles. The smallest absolute Gasteiger partial charge is 0.106 e. The van der Waals surface area contributed by atoms with Crippen molar-refractivity contribution in [2.45, 2.75) is 83.8 Å². The zero-order valence-corrected chi connectivity index (χ0v) is 33.6. The van der Waals surface area contributed by atoms with Gasteiger partial charge < -0.3 is 4.90 Å². The van der Waals surface area contributed by atoms with Gasteiger partial charge in [0.25, 0.3) is 0 Å². The molecule has 1 nitrogen and oxygen atoms in total. The first-order chi connectivity index (χ1) is 24.1. The van der Waals surface area contributed by atoms with Crippen LogP contribution in [0, 0.1) is 0 Å². The summed E-state index contributed by atoms with van der Waals surface area (Å²) in [5.74, 6) is 0. The first-order valence-electron chi connectivity index (χ1n) is 18.7. The van der Waals surface area contributed by atoms with Crippen LogP contribution in [0.5, 0.6) is 0 Å². The van der Waals surface area contributed by atoms with E-state index in [-0.39, 0.29) is 10.8 Å². The van der Waals surface area contributed by atoms with Crippen molar-refractivity contribution >= 4 is 31.1 Å². The van der Waals surface area contributed by atoms with Crippen LogP contribution in [0.3, 0.4) is 0 Å². The molecule has 2 heteroatoms. The fourth-order valence-corrected chi connectivity index (χ4v) is 14.9. The number of hydrogen-bond donors (Lipinski definition) is 0. The Labute approximate surface area is 308 Å². The fourth-order valence-electron chi connectivity index (χ4n) is 9.12. The van der Waals surface area contributed by atoms with E-state index in [2.05, 4.69) is 202 Å². The Morgan fingerprint density at radius 2 is 0.902 bits per heavy atom. The predicted octanol–water partition coefficient (Wildman–Crippen LogP) is 12.4. The molecule has 2 aliphatic carbocycles. The second-order valence-electron chi connectivity index (χ2n) is 17.6. The monoisotopic (exact) mass is 685 g/mol. The lowest BCUT2D eigenvalue weighted by atomic mass is 9.86. The molecule has 0 fully saturated rings. The van der Waals surface area contributed by atoms with E-state index in [4.69, 9.17) is 0 Å². The van der Waals surface area contributed by atoms with Gasteiger partial charge in [0.2, 0.25) is 0 Å². The van der Waals surface area contributed by atoms with Gasteiger partial charge in [-0.15, -0.1) is 0 Å². The van der Waals surface area contributed by atoms with Gasteiger partial charge in [0, 0.05) is 30.9 Å². The summed E-state index contributed by atoms with van der Waals surface area (Å²) in [4.78, 5) is 2.21. The topological polar surface area (TPSA) is 3.24 Å². The highest BCUT2D eigenvalue weighted by Crippen LogP contribution is 2.54. The summed E-state index contributed by atoms with van der Waals surface area (Å²) in [7, 11) is 1.86. The molecule has 0 bridgehead atoms. The molecule has 2 atom stereocenters. The molecule has 260 valence electrons. The quantitative estimate of drug-likeness (QED) is 0.161. The summed E-state index contributed by atoms with van der Waals surface area (Å²) in [5.41, 5.74) is 19.0. The Balaban J connectivity index is 1.39. The molecule has 0 saturated carbocycles. The molecular formula is C49H55NSi. The van der Waals surface area contributed by atoms with Crippen molar-refractivity contribution in [3.63, 3.8) is 0 Å². The van der Waals surface area contributed by atoms with Crippen LogP contribution in [0.15, 0.2) is 120 Å². The third kappa shape index (κ3) is 6.06. The Morgan fingerprint density at radius 1 is 0.510 bits per heavy atom. The van der Waals surface area contributed by atoms with Gasteiger partial charge in [0.05, 0.1) is 0 Å². The van der Waals surface area contributed by atoms with Crippen LogP contribution in [0.4, 0.5) is 5.69 Å². The Kier molecular flexibility index (Phi) is 8.70. The molecule has 2 aliphatic rings. The lowest BCUT2D eigenvalue weighted by molar-refractivity contribution is 0.590. The first-order valence-corrected chi connectivity index (χ1v) is 21.4. The molecule has 0 radical (unpaired) electrons. The standard InChI is InChI=1S/C49H55NSi/c1-32-30-44-40(34-18-22-36(23-19-34)48(3,4)5)14-12-16-42(44)46(32)51(11,39-28-26-38(27-29-39)50(9)10)47-33(2)31-45-41(15-13-17-43(45)47)35-20-24-37(25-21-35)49(6,7)8/h12-31,46-47H,1-11H3. The molecule has 0 N–H and O–H groups in total. The molecule has 0 aliphatic heterocycles. The molecule has 5 aromatic carbocycles. The van der Waals surface area contributed by atoms with Gasteiger partial charge in [0.15, 0.2) is 0 Å². The molecule has 51 heavy (non-hydrogen) atoms. The van der Waals surface area contributed by atoms with Crippen LogP contribution in [0.25, 0.3) is 34.4 Å². The third-order valence-electron chi connectivity index (χ3n) is 11.9. The molecule has 2 unspecified atom stereocenters. The summed E-state index contributed by atoms with van der Waals surface area (Å²) in [6.07, 6.45) is 5.04. The highest BCUT2D eigenvalue weighted by atomic mass is 28.3. The summed E-state index contributed by atoms with van der Waals surface area (Å²) in [6, 6.07) is 42.3. The van der Waals surface area contributed by atoms with Crippen LogP contribution < -0.4 is 10.1 Å². The van der Waals surface area contributed by atoms with Gasteiger partial charge >= 0.3 is 0 Å². The van der Waals surface area contributed by atoms with Gasteiger partial charge in [0.1, 0.15) is 8.07 Å². The van der Waals surface area contributed by atoms with Gasteiger partial charge in [-0.2, -0.15) is 0 Å². The molecule has 5 aromatic rings. The minimum Gasteiger partial charge on any atom is -0.378 e. The van der Waals surface area contributed by atoms with E-state index in [0.717, 1.165) is 0 Å². The first kappa shape index (κ1) is 35.0. The normalized spacial score (nSPS) is 18.1. The van der Waals surface area contributed by atoms with E-state index in [0.29, 0.717) is 11.1 Å². The molecule has 0 heterocycles. The summed E-state index contributed by atoms with van der Waals surface area (Å²) in [6.45, 7) is 21.2. The van der Waals surface area contributed by atoms with Crippen LogP contribution >= 0.6 is 0 Å². The average Bonchev–Trinajstić information content (AvgIpc) is 3.63. The zero-order valence-electron chi connectivity index (χ0n) is 32.6. The van der Waals surface area contributed by atoms with Gasteiger partial charge in [-0.05, 0) is 92.4 Å². The predicted molar refractivity (Wildman–Crippen MR) is 226 cm³/mol. The van der Waals surface area contributed by atoms with Crippen molar-refractivity contribution in [1.82, 2.24) is 0 Å². The minimum atomic E-state index is -2.42. The Morgan fingerprint density at radius 3 is 1.25 bits per heavy atom. The maximum Gasteiger partial charge on any atom is 0.106 e. The van der Waals surface area contributed by atoms with Crippen molar-refractivity contribution in [2.75, 3.05) is 19.0 Å². The molecule has 0 saturated heterocycles. The lowest BCUT2D eigenvalue weighted by Gasteiger charge is -2.42. The summed E-state index contributed by atoms with van der Waals surface area (Å²) >= 11 is 0. The summed E-state index contributed by atoms with van der Waals surface area (Å²) < 4.78 is 0. The molecule has 0 spiro atoms. The van der Waals surface area contributed by atoms with Crippen molar-refractivity contribution in [1.29, 1.82) is 0 Å². The minimum absolute atomic E-state index is 0.132. The van der Waals surface area contributed by atoms with Crippen molar-refractivity contribution in [3.8, 4) is 22.3 Å². The summed E-state index contributed by atoms with van der Waals surface area (Å²) in [5, 5.41) is 1.52. The number of allylic oxidation sites excluding steroid dienone is 2. The van der Waals surface area contributed by atoms with Crippen LogP contribution in [0.2, 0.25) is 6.55 Å². The number of benzene rings is 5. The lowest BCUT2D eigenvalue weighted by Crippen LogP contribution is -2.56. The van der Waals surface area contributed by atoms with E-state index < -0.39 is 8.07 Å². The van der Waals surface area contributed by atoms with Crippen LogP contribution in [0.1, 0.15) is 99.9 Å². The van der Waals surface area contributed by atoms with Crippen molar-refractivity contribution < 1.29 is 0 Å². The second kappa shape index (κ2) is 12.7. The Hall–Kier alpha value is -4.40. The van der Waals surface area contributed by atoms with Gasteiger partial charge in [-0.25, -0.2) is 0 Å². The van der Waals surface area contributed by atoms with E-state index in [1.54, 1.807) is 0 Å². The van der Waals surface area contributed by atoms with E-state index in [9.17, 15) is 0 Å². The van der Waals surface area contributed by atoms with E-state index in [1.807, 2.05) is 0 Å². The highest BCUT2D eigenvalue weighted by Gasteiger charge is 2.51. The zero-order chi connectivity index (χ0) is 36.5. The Bertz CT molecular complexity index is 2020. The third-order valence-corrected chi connectivity index (χ3v) is 17.4. The molecule has 0 amide bonds. The number of anilines is 1. The van der Waals surface area contributed by atoms with Crippen molar-refractivity contribution in [3.05, 3.63) is 154 Å². The number of rotatable bonds is 6. The van der Waals surface area contributed by atoms with Crippen molar-refractivity contribution in [2.24, 2.45) is 0 Å². The van der Waals surface area contributed by atoms with Crippen LogP contribution in [-0.2, 0) is 10.8 Å². The van der Waals surface area contributed by atoms with Gasteiger partial charge in [-0.3, -0.25) is 0 Å². The fraction of sp³-hybridized carbons (Fsp3) is 0.306. The van der Waals surface area contributed by atoms with Gasteiger partial charge in [-0.1, -0.05) is 174 Å². The number of fused-ring (bicyclic) bond motifs is 2. The average molecular weight is 686 g/mol. The van der Waals surface area contributed by atoms with E-state index >= 15 is 0 Å². The molecule has 7 rings (SSSR count). The largest absolute Gasteiger partial charge is 0.378 e. The maximum atomic E-state index is 2.68. The number of hydrogen-bond acceptors (Lipinski definition) is 1. The highest BCUT2D eigenvalue weighted by molar-refractivity contribution is 6.94.